The molecule has 0 spiro atoms. The van der Waals surface area contributed by atoms with Gasteiger partial charge in [-0.1, -0.05) is 6.92 Å². The summed E-state index contributed by atoms with van der Waals surface area (Å²) in [6, 6.07) is 8.54. The molecule has 1 aromatic carbocycles. The van der Waals surface area contributed by atoms with Crippen LogP contribution in [0, 0.1) is 17.2 Å². The first-order valence-electron chi connectivity index (χ1n) is 5.63. The average molecular weight is 278 g/mol. The van der Waals surface area contributed by atoms with E-state index in [4.69, 9.17) is 10.4 Å². The second-order valence-electron chi connectivity index (χ2n) is 3.99. The van der Waals surface area contributed by atoms with E-state index in [-0.39, 0.29) is 11.7 Å². The van der Waals surface area contributed by atoms with Gasteiger partial charge in [0.1, 0.15) is 0 Å². The van der Waals surface area contributed by atoms with Crippen molar-refractivity contribution in [1.82, 2.24) is 0 Å². The summed E-state index contributed by atoms with van der Waals surface area (Å²) in [4.78, 5) is 22.2. The van der Waals surface area contributed by atoms with Crippen molar-refractivity contribution in [1.29, 1.82) is 5.26 Å². The van der Waals surface area contributed by atoms with E-state index in [2.05, 4.69) is 5.32 Å². The highest BCUT2D eigenvalue weighted by molar-refractivity contribution is 8.00. The van der Waals surface area contributed by atoms with E-state index >= 15 is 0 Å². The van der Waals surface area contributed by atoms with Gasteiger partial charge >= 0.3 is 5.97 Å². The Morgan fingerprint density at radius 1 is 1.42 bits per heavy atom. The summed E-state index contributed by atoms with van der Waals surface area (Å²) in [5, 5.41) is 20.0. The van der Waals surface area contributed by atoms with Crippen molar-refractivity contribution in [2.24, 2.45) is 5.92 Å². The average Bonchev–Trinajstić information content (AvgIpc) is 2.39. The van der Waals surface area contributed by atoms with Crippen LogP contribution >= 0.6 is 11.8 Å². The summed E-state index contributed by atoms with van der Waals surface area (Å²) in [5.41, 5.74) is 1.15. The van der Waals surface area contributed by atoms with Crippen LogP contribution in [0.3, 0.4) is 0 Å². The molecule has 0 heterocycles. The first-order chi connectivity index (χ1) is 9.02. The first-order valence-corrected chi connectivity index (χ1v) is 6.79. The van der Waals surface area contributed by atoms with E-state index in [9.17, 15) is 9.59 Å². The molecule has 0 radical (unpaired) electrons. The molecule has 1 unspecified atom stereocenters. The molecule has 1 atom stereocenters. The Hall–Kier alpha value is -2.00. The monoisotopic (exact) mass is 278 g/mol. The van der Waals surface area contributed by atoms with Gasteiger partial charge in [0.15, 0.2) is 0 Å². The number of anilines is 1. The SMILES string of the molecule is CC(CSCC(=O)Nc1ccc(C#N)cc1)C(=O)O. The Bertz CT molecular complexity index is 494. The molecule has 0 aliphatic carbocycles. The lowest BCUT2D eigenvalue weighted by molar-refractivity contribution is -0.140. The number of hydrogen-bond donors (Lipinski definition) is 2. The molecule has 6 heteroatoms. The predicted octanol–water partition coefficient (Wildman–Crippen LogP) is 1.95. The number of rotatable bonds is 6. The molecule has 0 aromatic heterocycles. The predicted molar refractivity (Wildman–Crippen MR) is 73.9 cm³/mol. The molecule has 1 rings (SSSR count). The van der Waals surface area contributed by atoms with E-state index in [1.165, 1.54) is 11.8 Å². The fraction of sp³-hybridized carbons (Fsp3) is 0.308. The number of benzene rings is 1. The molecule has 1 aromatic rings. The number of carbonyl (C=O) groups is 2. The van der Waals surface area contributed by atoms with Crippen LogP contribution in [0.5, 0.6) is 0 Å². The number of amides is 1. The first kappa shape index (κ1) is 15.1. The molecule has 19 heavy (non-hydrogen) atoms. The highest BCUT2D eigenvalue weighted by Crippen LogP contribution is 2.11. The highest BCUT2D eigenvalue weighted by atomic mass is 32.2. The summed E-state index contributed by atoms with van der Waals surface area (Å²) in [6.45, 7) is 1.61. The molecule has 2 N–H and O–H groups in total. The number of carboxylic acids is 1. The minimum Gasteiger partial charge on any atom is -0.481 e. The van der Waals surface area contributed by atoms with E-state index in [0.717, 1.165) is 0 Å². The van der Waals surface area contributed by atoms with Gasteiger partial charge < -0.3 is 10.4 Å². The molecule has 5 nitrogen and oxygen atoms in total. The third-order valence-electron chi connectivity index (χ3n) is 2.32. The topological polar surface area (TPSA) is 90.2 Å². The van der Waals surface area contributed by atoms with Crippen molar-refractivity contribution in [2.45, 2.75) is 6.92 Å². The van der Waals surface area contributed by atoms with Crippen molar-refractivity contribution >= 4 is 29.3 Å². The number of thioether (sulfide) groups is 1. The zero-order valence-corrected chi connectivity index (χ0v) is 11.2. The van der Waals surface area contributed by atoms with E-state index in [1.54, 1.807) is 31.2 Å². The number of hydrogen-bond acceptors (Lipinski definition) is 4. The molecule has 0 fully saturated rings. The Kier molecular flexibility index (Phi) is 5.90. The van der Waals surface area contributed by atoms with Crippen molar-refractivity contribution in [3.8, 4) is 6.07 Å². The number of aliphatic carboxylic acids is 1. The Balaban J connectivity index is 2.35. The maximum atomic E-state index is 11.6. The minimum atomic E-state index is -0.861. The van der Waals surface area contributed by atoms with Gasteiger partial charge in [0.05, 0.1) is 23.3 Å². The lowest BCUT2D eigenvalue weighted by Crippen LogP contribution is -2.17. The Morgan fingerprint density at radius 3 is 2.58 bits per heavy atom. The number of nitrogens with zero attached hydrogens (tertiary/aromatic N) is 1. The summed E-state index contributed by atoms with van der Waals surface area (Å²) in [6.07, 6.45) is 0. The molecular weight excluding hydrogens is 264 g/mol. The van der Waals surface area contributed by atoms with Gasteiger partial charge in [-0.25, -0.2) is 0 Å². The van der Waals surface area contributed by atoms with Gasteiger partial charge in [0.2, 0.25) is 5.91 Å². The van der Waals surface area contributed by atoms with E-state index in [0.29, 0.717) is 17.0 Å². The fourth-order valence-electron chi connectivity index (χ4n) is 1.22. The van der Waals surface area contributed by atoms with Gasteiger partial charge in [-0.2, -0.15) is 17.0 Å². The van der Waals surface area contributed by atoms with Crippen LogP contribution in [0.1, 0.15) is 12.5 Å². The zero-order valence-electron chi connectivity index (χ0n) is 10.4. The van der Waals surface area contributed by atoms with Gasteiger partial charge in [-0.15, -0.1) is 0 Å². The van der Waals surface area contributed by atoms with Gasteiger partial charge in [0, 0.05) is 11.4 Å². The van der Waals surface area contributed by atoms with Gasteiger partial charge in [0.25, 0.3) is 0 Å². The van der Waals surface area contributed by atoms with Gasteiger partial charge in [-0.05, 0) is 24.3 Å². The number of carboxylic acid groups (broad SMARTS) is 1. The quantitative estimate of drug-likeness (QED) is 0.830. The van der Waals surface area contributed by atoms with Crippen LogP contribution in [0.15, 0.2) is 24.3 Å². The van der Waals surface area contributed by atoms with Crippen LogP contribution in [0.2, 0.25) is 0 Å². The normalized spacial score (nSPS) is 11.4. The lowest BCUT2D eigenvalue weighted by atomic mass is 10.2. The molecule has 0 saturated heterocycles. The molecular formula is C13H14N2O3S. The smallest absolute Gasteiger partial charge is 0.307 e. The van der Waals surface area contributed by atoms with Crippen LogP contribution in [0.4, 0.5) is 5.69 Å². The zero-order chi connectivity index (χ0) is 14.3. The molecule has 0 aliphatic heterocycles. The number of carbonyl (C=O) groups excluding carboxylic acids is 1. The Morgan fingerprint density at radius 2 is 2.05 bits per heavy atom. The van der Waals surface area contributed by atoms with E-state index < -0.39 is 11.9 Å². The maximum absolute atomic E-state index is 11.6. The fourth-order valence-corrected chi connectivity index (χ4v) is 2.10. The Labute approximate surface area is 115 Å². The molecule has 0 saturated carbocycles. The maximum Gasteiger partial charge on any atom is 0.307 e. The summed E-state index contributed by atoms with van der Waals surface area (Å²) in [7, 11) is 0. The molecule has 0 bridgehead atoms. The minimum absolute atomic E-state index is 0.188. The second kappa shape index (κ2) is 7.44. The van der Waals surface area contributed by atoms with Crippen LogP contribution in [-0.2, 0) is 9.59 Å². The van der Waals surface area contributed by atoms with Crippen molar-refractivity contribution in [3.05, 3.63) is 29.8 Å². The second-order valence-corrected chi connectivity index (χ2v) is 5.02. The highest BCUT2D eigenvalue weighted by Gasteiger charge is 2.11. The third-order valence-corrected chi connectivity index (χ3v) is 3.52. The molecule has 0 aliphatic rings. The van der Waals surface area contributed by atoms with Crippen molar-refractivity contribution in [2.75, 3.05) is 16.8 Å². The van der Waals surface area contributed by atoms with Crippen LogP contribution < -0.4 is 5.32 Å². The lowest BCUT2D eigenvalue weighted by Gasteiger charge is -2.07. The van der Waals surface area contributed by atoms with Crippen LogP contribution in [0.25, 0.3) is 0 Å². The largest absolute Gasteiger partial charge is 0.481 e. The molecule has 100 valence electrons. The van der Waals surface area contributed by atoms with Crippen LogP contribution in [-0.4, -0.2) is 28.5 Å². The summed E-state index contributed by atoms with van der Waals surface area (Å²) < 4.78 is 0. The number of nitrogens with one attached hydrogen (secondary N) is 1. The van der Waals surface area contributed by atoms with Gasteiger partial charge in [-0.3, -0.25) is 9.59 Å². The van der Waals surface area contributed by atoms with E-state index in [1.807, 2.05) is 6.07 Å². The van der Waals surface area contributed by atoms with Crippen molar-refractivity contribution in [3.63, 3.8) is 0 Å². The molecule has 1 amide bonds. The van der Waals surface area contributed by atoms with Crippen molar-refractivity contribution < 1.29 is 14.7 Å². The standard InChI is InChI=1S/C13H14N2O3S/c1-9(13(17)18)7-19-8-12(16)15-11-4-2-10(6-14)3-5-11/h2-5,9H,7-8H2,1H3,(H,15,16)(H,17,18). The summed E-state index contributed by atoms with van der Waals surface area (Å²) >= 11 is 1.28. The number of nitriles is 1. The third kappa shape index (κ3) is 5.44. The summed E-state index contributed by atoms with van der Waals surface area (Å²) in [5.74, 6) is -0.909.